The van der Waals surface area contributed by atoms with Crippen LogP contribution in [0, 0.1) is 0 Å². The summed E-state index contributed by atoms with van der Waals surface area (Å²) in [5.41, 5.74) is 0.505. The summed E-state index contributed by atoms with van der Waals surface area (Å²) in [6.07, 6.45) is -0.956. The lowest BCUT2D eigenvalue weighted by molar-refractivity contribution is -0.142. The summed E-state index contributed by atoms with van der Waals surface area (Å²) < 4.78 is 45.9. The van der Waals surface area contributed by atoms with E-state index in [9.17, 15) is 18.0 Å². The minimum Gasteiger partial charge on any atom is -0.443 e. The highest BCUT2D eigenvalue weighted by atomic mass is 79.9. The van der Waals surface area contributed by atoms with E-state index in [0.29, 0.717) is 26.8 Å². The Hall–Kier alpha value is -2.36. The van der Waals surface area contributed by atoms with Crippen LogP contribution in [0.4, 0.5) is 18.0 Å². The average molecular weight is 445 g/mol. The Kier molecular flexibility index (Phi) is 4.79. The molecule has 0 saturated heterocycles. The van der Waals surface area contributed by atoms with Gasteiger partial charge in [0.1, 0.15) is 16.7 Å². The van der Waals surface area contributed by atoms with Gasteiger partial charge in [-0.2, -0.15) is 18.3 Å². The van der Waals surface area contributed by atoms with E-state index in [0.717, 1.165) is 4.68 Å². The molecule has 0 aromatic carbocycles. The maximum atomic E-state index is 12.8. The van der Waals surface area contributed by atoms with Crippen molar-refractivity contribution in [2.75, 3.05) is 0 Å². The summed E-state index contributed by atoms with van der Waals surface area (Å²) in [6.45, 7) is 3.98. The molecule has 0 spiro atoms. The Balaban J connectivity index is 2.12. The molecule has 0 fully saturated rings. The summed E-state index contributed by atoms with van der Waals surface area (Å²) in [4.78, 5) is 16.9. The minimum absolute atomic E-state index is 0.359. The first-order valence-electron chi connectivity index (χ1n) is 7.93. The molecule has 0 aliphatic rings. The molecule has 0 amide bonds. The van der Waals surface area contributed by atoms with Gasteiger partial charge in [-0.25, -0.2) is 14.3 Å². The SMILES string of the molecule is CC(C)(C)OC(=O)n1c(-c2cnn(CC(F)(F)F)c2)cc2cnc(Br)cc21. The van der Waals surface area contributed by atoms with E-state index in [2.05, 4.69) is 26.0 Å². The minimum atomic E-state index is -4.39. The predicted octanol–water partition coefficient (Wildman–Crippen LogP) is 5.01. The van der Waals surface area contributed by atoms with Crippen LogP contribution in [0.3, 0.4) is 0 Å². The molecule has 0 radical (unpaired) electrons. The van der Waals surface area contributed by atoms with E-state index in [-0.39, 0.29) is 0 Å². The highest BCUT2D eigenvalue weighted by molar-refractivity contribution is 9.10. The number of hydrogen-bond donors (Lipinski definition) is 0. The van der Waals surface area contributed by atoms with E-state index in [1.54, 1.807) is 39.1 Å². The van der Waals surface area contributed by atoms with Crippen LogP contribution >= 0.6 is 15.9 Å². The molecule has 3 heterocycles. The second-order valence-corrected chi connectivity index (χ2v) is 7.77. The first-order chi connectivity index (χ1) is 12.4. The third-order valence-electron chi connectivity index (χ3n) is 3.50. The number of alkyl halides is 3. The van der Waals surface area contributed by atoms with E-state index in [1.807, 2.05) is 0 Å². The predicted molar refractivity (Wildman–Crippen MR) is 96.3 cm³/mol. The first-order valence-corrected chi connectivity index (χ1v) is 8.72. The fourth-order valence-electron chi connectivity index (χ4n) is 2.56. The molecule has 10 heteroatoms. The van der Waals surface area contributed by atoms with Crippen molar-refractivity contribution >= 4 is 32.9 Å². The zero-order chi connectivity index (χ0) is 20.0. The lowest BCUT2D eigenvalue weighted by atomic mass is 10.2. The van der Waals surface area contributed by atoms with E-state index < -0.39 is 24.4 Å². The van der Waals surface area contributed by atoms with E-state index in [4.69, 9.17) is 4.74 Å². The van der Waals surface area contributed by atoms with Crippen molar-refractivity contribution in [2.24, 2.45) is 0 Å². The van der Waals surface area contributed by atoms with Crippen molar-refractivity contribution in [3.63, 3.8) is 0 Å². The number of carbonyl (C=O) groups is 1. The molecule has 0 atom stereocenters. The second kappa shape index (κ2) is 6.66. The van der Waals surface area contributed by atoms with Crippen LogP contribution in [0.15, 0.2) is 35.3 Å². The Morgan fingerprint density at radius 2 is 1.93 bits per heavy atom. The van der Waals surface area contributed by atoms with Gasteiger partial charge in [-0.15, -0.1) is 0 Å². The molecular formula is C17H16BrF3N4O2. The van der Waals surface area contributed by atoms with Crippen molar-refractivity contribution in [3.05, 3.63) is 35.3 Å². The van der Waals surface area contributed by atoms with Crippen LogP contribution in [-0.4, -0.2) is 37.2 Å². The largest absolute Gasteiger partial charge is 0.443 e. The molecular weight excluding hydrogens is 429 g/mol. The summed E-state index contributed by atoms with van der Waals surface area (Å²) in [6, 6.07) is 3.30. The maximum absolute atomic E-state index is 12.8. The molecule has 0 N–H and O–H groups in total. The van der Waals surface area contributed by atoms with Gasteiger partial charge in [0.05, 0.1) is 17.4 Å². The Bertz CT molecular complexity index is 1000. The Labute approximate surface area is 161 Å². The van der Waals surface area contributed by atoms with Gasteiger partial charge in [0.2, 0.25) is 0 Å². The molecule has 0 unspecified atom stereocenters. The van der Waals surface area contributed by atoms with E-state index >= 15 is 0 Å². The Morgan fingerprint density at radius 3 is 2.56 bits per heavy atom. The average Bonchev–Trinajstić information content (AvgIpc) is 3.07. The number of aromatic nitrogens is 4. The van der Waals surface area contributed by atoms with Crippen molar-refractivity contribution in [1.29, 1.82) is 0 Å². The molecule has 0 bridgehead atoms. The van der Waals surface area contributed by atoms with Crippen LogP contribution in [-0.2, 0) is 11.3 Å². The van der Waals surface area contributed by atoms with Crippen LogP contribution in [0.2, 0.25) is 0 Å². The molecule has 3 rings (SSSR count). The number of ether oxygens (including phenoxy) is 1. The topological polar surface area (TPSA) is 61.9 Å². The zero-order valence-electron chi connectivity index (χ0n) is 14.7. The standard InChI is InChI=1S/C17H16BrF3N4O2/c1-16(2,3)27-15(26)25-12(4-10-6-22-14(18)5-13(10)25)11-7-23-24(8-11)9-17(19,20)21/h4-8H,9H2,1-3H3. The fraction of sp³-hybridized carbons (Fsp3) is 0.353. The maximum Gasteiger partial charge on any atom is 0.419 e. The monoisotopic (exact) mass is 444 g/mol. The van der Waals surface area contributed by atoms with Crippen molar-refractivity contribution in [3.8, 4) is 11.3 Å². The van der Waals surface area contributed by atoms with Gasteiger partial charge in [-0.3, -0.25) is 4.68 Å². The van der Waals surface area contributed by atoms with Gasteiger partial charge >= 0.3 is 12.3 Å². The molecule has 3 aromatic heterocycles. The van der Waals surface area contributed by atoms with Gasteiger partial charge in [0.15, 0.2) is 0 Å². The number of hydrogen-bond acceptors (Lipinski definition) is 4. The van der Waals surface area contributed by atoms with Crippen LogP contribution in [0.25, 0.3) is 22.2 Å². The summed E-state index contributed by atoms with van der Waals surface area (Å²) in [5, 5.41) is 4.39. The summed E-state index contributed by atoms with van der Waals surface area (Å²) in [7, 11) is 0. The van der Waals surface area contributed by atoms with E-state index in [1.165, 1.54) is 17.0 Å². The van der Waals surface area contributed by atoms with Gasteiger partial charge in [-0.1, -0.05) is 0 Å². The quantitative estimate of drug-likeness (QED) is 0.521. The van der Waals surface area contributed by atoms with Crippen molar-refractivity contribution in [2.45, 2.75) is 39.1 Å². The number of carbonyl (C=O) groups excluding carboxylic acids is 1. The molecule has 0 aliphatic heterocycles. The number of pyridine rings is 1. The highest BCUT2D eigenvalue weighted by Crippen LogP contribution is 2.30. The Morgan fingerprint density at radius 1 is 1.22 bits per heavy atom. The summed E-state index contributed by atoms with van der Waals surface area (Å²) in [5.74, 6) is 0. The lowest BCUT2D eigenvalue weighted by Gasteiger charge is -2.20. The third-order valence-corrected chi connectivity index (χ3v) is 3.93. The highest BCUT2D eigenvalue weighted by Gasteiger charge is 2.29. The molecule has 27 heavy (non-hydrogen) atoms. The van der Waals surface area contributed by atoms with Crippen LogP contribution in [0.5, 0.6) is 0 Å². The van der Waals surface area contributed by atoms with Crippen LogP contribution in [0.1, 0.15) is 20.8 Å². The third kappa shape index (κ3) is 4.49. The molecule has 6 nitrogen and oxygen atoms in total. The van der Waals surface area contributed by atoms with Crippen LogP contribution < -0.4 is 0 Å². The molecule has 0 aliphatic carbocycles. The molecule has 0 saturated carbocycles. The van der Waals surface area contributed by atoms with Crippen molar-refractivity contribution < 1.29 is 22.7 Å². The second-order valence-electron chi connectivity index (χ2n) is 6.95. The number of halogens is 4. The summed E-state index contributed by atoms with van der Waals surface area (Å²) >= 11 is 3.26. The van der Waals surface area contributed by atoms with Gasteiger partial charge < -0.3 is 4.74 Å². The smallest absolute Gasteiger partial charge is 0.419 e. The molecule has 3 aromatic rings. The van der Waals surface area contributed by atoms with Gasteiger partial charge in [0.25, 0.3) is 0 Å². The number of nitrogens with zero attached hydrogens (tertiary/aromatic N) is 4. The van der Waals surface area contributed by atoms with Crippen molar-refractivity contribution in [1.82, 2.24) is 19.3 Å². The number of rotatable bonds is 2. The fourth-order valence-corrected chi connectivity index (χ4v) is 2.88. The first kappa shape index (κ1) is 19.4. The zero-order valence-corrected chi connectivity index (χ0v) is 16.3. The van der Waals surface area contributed by atoms with Gasteiger partial charge in [0, 0.05) is 23.3 Å². The lowest BCUT2D eigenvalue weighted by Crippen LogP contribution is -2.27. The molecule has 144 valence electrons. The normalized spacial score (nSPS) is 12.6. The van der Waals surface area contributed by atoms with Gasteiger partial charge in [-0.05, 0) is 48.8 Å². The number of fused-ring (bicyclic) bond motifs is 1.